The number of thiophene rings is 1. The molecular weight excluding hydrogens is 528 g/mol. The normalized spacial score (nSPS) is 11.6. The number of para-hydroxylation sites is 1. The van der Waals surface area contributed by atoms with Crippen LogP contribution in [0, 0.1) is 6.92 Å². The average molecular weight is 555 g/mol. The number of oxazole rings is 1. The van der Waals surface area contributed by atoms with Crippen molar-refractivity contribution in [2.45, 2.75) is 25.8 Å². The highest BCUT2D eigenvalue weighted by Gasteiger charge is 2.20. The fourth-order valence-corrected chi connectivity index (χ4v) is 4.84. The SMILES string of the molecule is Cc1ccccc1Nc1nc2ccc(CC(=O)Nc3ccc(C(CC(=O)O)NC(=O)c4cccs4)cc3)cc2o1. The predicted molar refractivity (Wildman–Crippen MR) is 154 cm³/mol. The molecule has 0 aliphatic carbocycles. The lowest BCUT2D eigenvalue weighted by Crippen LogP contribution is -2.29. The van der Waals surface area contributed by atoms with Gasteiger partial charge in [0.05, 0.1) is 23.8 Å². The number of aliphatic carboxylic acids is 1. The van der Waals surface area contributed by atoms with Crippen LogP contribution in [0.25, 0.3) is 11.1 Å². The third kappa shape index (κ3) is 6.54. The lowest BCUT2D eigenvalue weighted by atomic mass is 10.0. The van der Waals surface area contributed by atoms with Crippen LogP contribution in [0.15, 0.2) is 88.7 Å². The molecule has 10 heteroatoms. The van der Waals surface area contributed by atoms with E-state index in [-0.39, 0.29) is 24.7 Å². The van der Waals surface area contributed by atoms with Gasteiger partial charge in [-0.1, -0.05) is 42.5 Å². The monoisotopic (exact) mass is 554 g/mol. The topological polar surface area (TPSA) is 134 Å². The van der Waals surface area contributed by atoms with Gasteiger partial charge < -0.3 is 25.5 Å². The fraction of sp³-hybridized carbons (Fsp3) is 0.133. The number of carboxylic acid groups (broad SMARTS) is 1. The summed E-state index contributed by atoms with van der Waals surface area (Å²) in [7, 11) is 0. The molecule has 0 spiro atoms. The number of amides is 2. The van der Waals surface area contributed by atoms with Gasteiger partial charge in [0.15, 0.2) is 5.58 Å². The first-order chi connectivity index (χ1) is 19.3. The molecule has 202 valence electrons. The van der Waals surface area contributed by atoms with Gasteiger partial charge in [0, 0.05) is 11.4 Å². The van der Waals surface area contributed by atoms with E-state index in [1.54, 1.807) is 47.8 Å². The number of hydrogen-bond donors (Lipinski definition) is 4. The minimum absolute atomic E-state index is 0.122. The second-order valence-electron chi connectivity index (χ2n) is 9.21. The van der Waals surface area contributed by atoms with E-state index in [1.165, 1.54) is 11.3 Å². The van der Waals surface area contributed by atoms with E-state index >= 15 is 0 Å². The molecule has 5 rings (SSSR count). The molecule has 4 N–H and O–H groups in total. The number of carbonyl (C=O) groups is 3. The zero-order chi connectivity index (χ0) is 28.1. The largest absolute Gasteiger partial charge is 0.481 e. The van der Waals surface area contributed by atoms with Crippen LogP contribution < -0.4 is 16.0 Å². The summed E-state index contributed by atoms with van der Waals surface area (Å²) in [6, 6.07) is 23.1. The van der Waals surface area contributed by atoms with Crippen molar-refractivity contribution in [2.75, 3.05) is 10.6 Å². The van der Waals surface area contributed by atoms with Crippen molar-refractivity contribution in [3.63, 3.8) is 0 Å². The number of aryl methyl sites for hydroxylation is 1. The molecule has 3 aromatic carbocycles. The lowest BCUT2D eigenvalue weighted by molar-refractivity contribution is -0.137. The molecule has 5 aromatic rings. The summed E-state index contributed by atoms with van der Waals surface area (Å²) < 4.78 is 5.86. The van der Waals surface area contributed by atoms with Crippen LogP contribution in [-0.2, 0) is 16.0 Å². The van der Waals surface area contributed by atoms with E-state index in [0.717, 1.165) is 16.8 Å². The Kier molecular flexibility index (Phi) is 7.88. The molecule has 1 unspecified atom stereocenters. The van der Waals surface area contributed by atoms with E-state index in [0.29, 0.717) is 33.2 Å². The van der Waals surface area contributed by atoms with Crippen LogP contribution in [-0.4, -0.2) is 27.9 Å². The summed E-state index contributed by atoms with van der Waals surface area (Å²) in [5.74, 6) is -1.59. The number of carbonyl (C=O) groups excluding carboxylic acids is 2. The van der Waals surface area contributed by atoms with Crippen molar-refractivity contribution in [2.24, 2.45) is 0 Å². The van der Waals surface area contributed by atoms with Gasteiger partial charge in [-0.15, -0.1) is 11.3 Å². The highest BCUT2D eigenvalue weighted by Crippen LogP contribution is 2.25. The second-order valence-corrected chi connectivity index (χ2v) is 10.2. The van der Waals surface area contributed by atoms with E-state index in [1.807, 2.05) is 43.3 Å². The van der Waals surface area contributed by atoms with Crippen molar-refractivity contribution < 1.29 is 23.9 Å². The maximum atomic E-state index is 12.7. The van der Waals surface area contributed by atoms with E-state index in [9.17, 15) is 19.5 Å². The molecular formula is C30H26N4O5S. The molecule has 0 aliphatic rings. The third-order valence-corrected chi connectivity index (χ3v) is 7.10. The van der Waals surface area contributed by atoms with Crippen LogP contribution in [0.1, 0.15) is 38.8 Å². The fourth-order valence-electron chi connectivity index (χ4n) is 4.21. The standard InChI is InChI=1S/C30H26N4O5S/c1-18-5-2-3-6-22(18)33-30-34-23-13-8-19(15-25(23)39-30)16-27(35)31-21-11-9-20(10-12-21)24(17-28(36)37)32-29(38)26-7-4-14-40-26/h2-15,24H,16-17H2,1H3,(H,31,35)(H,32,38)(H,33,34)(H,36,37). The van der Waals surface area contributed by atoms with E-state index < -0.39 is 12.0 Å². The number of nitrogens with one attached hydrogen (secondary N) is 3. The first-order valence-electron chi connectivity index (χ1n) is 12.5. The van der Waals surface area contributed by atoms with Crippen LogP contribution in [0.3, 0.4) is 0 Å². The second kappa shape index (κ2) is 11.8. The van der Waals surface area contributed by atoms with Crippen molar-refractivity contribution in [1.82, 2.24) is 10.3 Å². The Hall–Kier alpha value is -4.96. The molecule has 2 amide bonds. The van der Waals surface area contributed by atoms with Gasteiger partial charge in [0.2, 0.25) is 5.91 Å². The van der Waals surface area contributed by atoms with Gasteiger partial charge in [-0.05, 0) is 65.4 Å². The van der Waals surface area contributed by atoms with Crippen molar-refractivity contribution in [1.29, 1.82) is 0 Å². The average Bonchev–Trinajstić information content (AvgIpc) is 3.60. The molecule has 1 atom stereocenters. The molecule has 2 aromatic heterocycles. The minimum atomic E-state index is -1.03. The number of nitrogens with zero attached hydrogens (tertiary/aromatic N) is 1. The Morgan fingerprint density at radius 1 is 1.00 bits per heavy atom. The number of benzene rings is 3. The molecule has 0 aliphatic heterocycles. The molecule has 0 radical (unpaired) electrons. The van der Waals surface area contributed by atoms with Crippen molar-refractivity contribution in [3.05, 3.63) is 106 Å². The Labute approximate surface area is 233 Å². The zero-order valence-corrected chi connectivity index (χ0v) is 22.3. The minimum Gasteiger partial charge on any atom is -0.481 e. The summed E-state index contributed by atoms with van der Waals surface area (Å²) in [6.45, 7) is 1.99. The van der Waals surface area contributed by atoms with Crippen LogP contribution in [0.5, 0.6) is 0 Å². The lowest BCUT2D eigenvalue weighted by Gasteiger charge is -2.17. The summed E-state index contributed by atoms with van der Waals surface area (Å²) in [5, 5.41) is 19.9. The molecule has 2 heterocycles. The third-order valence-electron chi connectivity index (χ3n) is 6.23. The smallest absolute Gasteiger partial charge is 0.305 e. The quantitative estimate of drug-likeness (QED) is 0.165. The van der Waals surface area contributed by atoms with Crippen molar-refractivity contribution >= 4 is 57.6 Å². The Bertz CT molecular complexity index is 1660. The summed E-state index contributed by atoms with van der Waals surface area (Å²) >= 11 is 1.28. The number of anilines is 3. The molecule has 0 fully saturated rings. The highest BCUT2D eigenvalue weighted by molar-refractivity contribution is 7.12. The van der Waals surface area contributed by atoms with Crippen LogP contribution in [0.4, 0.5) is 17.4 Å². The first kappa shape index (κ1) is 26.6. The molecule has 0 saturated carbocycles. The highest BCUT2D eigenvalue weighted by atomic mass is 32.1. The van der Waals surface area contributed by atoms with Gasteiger partial charge in [-0.3, -0.25) is 14.4 Å². The van der Waals surface area contributed by atoms with Crippen molar-refractivity contribution in [3.8, 4) is 0 Å². The predicted octanol–water partition coefficient (Wildman–Crippen LogP) is 6.07. The summed E-state index contributed by atoms with van der Waals surface area (Å²) in [5.41, 5.74) is 5.15. The maximum Gasteiger partial charge on any atom is 0.305 e. The number of aromatic nitrogens is 1. The van der Waals surface area contributed by atoms with E-state index in [2.05, 4.69) is 20.9 Å². The first-order valence-corrected chi connectivity index (χ1v) is 13.4. The summed E-state index contributed by atoms with van der Waals surface area (Å²) in [6.07, 6.45) is -0.146. The van der Waals surface area contributed by atoms with Gasteiger partial charge in [-0.2, -0.15) is 4.98 Å². The Morgan fingerprint density at radius 2 is 1.80 bits per heavy atom. The van der Waals surface area contributed by atoms with Crippen LogP contribution in [0.2, 0.25) is 0 Å². The maximum absolute atomic E-state index is 12.7. The number of rotatable bonds is 10. The Balaban J connectivity index is 1.22. The molecule has 0 bridgehead atoms. The molecule has 9 nitrogen and oxygen atoms in total. The molecule has 40 heavy (non-hydrogen) atoms. The Morgan fingerprint density at radius 3 is 2.52 bits per heavy atom. The molecule has 0 saturated heterocycles. The number of hydrogen-bond acceptors (Lipinski definition) is 7. The number of carboxylic acids is 1. The van der Waals surface area contributed by atoms with Gasteiger partial charge >= 0.3 is 5.97 Å². The van der Waals surface area contributed by atoms with E-state index in [4.69, 9.17) is 4.42 Å². The zero-order valence-electron chi connectivity index (χ0n) is 21.5. The van der Waals surface area contributed by atoms with Gasteiger partial charge in [-0.25, -0.2) is 0 Å². The summed E-state index contributed by atoms with van der Waals surface area (Å²) in [4.78, 5) is 41.6. The number of fused-ring (bicyclic) bond motifs is 1. The van der Waals surface area contributed by atoms with Crippen LogP contribution >= 0.6 is 11.3 Å². The van der Waals surface area contributed by atoms with Gasteiger partial charge in [0.25, 0.3) is 11.9 Å². The van der Waals surface area contributed by atoms with Gasteiger partial charge in [0.1, 0.15) is 5.52 Å².